The van der Waals surface area contributed by atoms with Gasteiger partial charge in [0.15, 0.2) is 0 Å². The Morgan fingerprint density at radius 2 is 1.56 bits per heavy atom. The van der Waals surface area contributed by atoms with Gasteiger partial charge in [0.25, 0.3) is 5.56 Å². The van der Waals surface area contributed by atoms with Crippen LogP contribution in [0.5, 0.6) is 0 Å². The molecule has 0 bridgehead atoms. The van der Waals surface area contributed by atoms with Crippen molar-refractivity contribution >= 4 is 48.9 Å². The Hall–Kier alpha value is -1.62. The molecule has 0 aliphatic heterocycles. The number of rotatable bonds is 6. The van der Waals surface area contributed by atoms with E-state index in [-0.39, 0.29) is 25.1 Å². The van der Waals surface area contributed by atoms with Crippen molar-refractivity contribution in [2.75, 3.05) is 15.2 Å². The smallest absolute Gasteiger partial charge is 0.267 e. The Balaban J connectivity index is 2.86. The average Bonchev–Trinajstić information content (AvgIpc) is 2.57. The zero-order valence-corrected chi connectivity index (χ0v) is 17.8. The first kappa shape index (κ1) is 21.7. The standard InChI is InChI=1S/C15H17Cl2N3O5S2/c1-4-26(22,23)20(27(24,25)5-2)14-8-13(11(16)7-12(14)17)19-15(21)6-10(3)9-18-19/h6-9H,4-5H2,1-3H3. The van der Waals surface area contributed by atoms with Crippen molar-refractivity contribution in [2.45, 2.75) is 20.8 Å². The van der Waals surface area contributed by atoms with Crippen LogP contribution in [0, 0.1) is 6.92 Å². The summed E-state index contributed by atoms with van der Waals surface area (Å²) in [6, 6.07) is 3.60. The molecule has 27 heavy (non-hydrogen) atoms. The summed E-state index contributed by atoms with van der Waals surface area (Å²) in [5.41, 5.74) is -0.226. The second-order valence-electron chi connectivity index (χ2n) is 5.54. The third kappa shape index (κ3) is 4.29. The number of halogens is 2. The number of sulfonamides is 2. The van der Waals surface area contributed by atoms with Gasteiger partial charge in [-0.15, -0.1) is 0 Å². The lowest BCUT2D eigenvalue weighted by Gasteiger charge is -2.24. The quantitative estimate of drug-likeness (QED) is 0.664. The summed E-state index contributed by atoms with van der Waals surface area (Å²) >= 11 is 12.3. The number of aromatic nitrogens is 2. The molecule has 12 heteroatoms. The van der Waals surface area contributed by atoms with Gasteiger partial charge in [-0.2, -0.15) is 13.5 Å². The maximum Gasteiger partial charge on any atom is 0.271 e. The molecule has 0 aliphatic rings. The maximum atomic E-state index is 12.5. The number of nitrogens with zero attached hydrogens (tertiary/aromatic N) is 3. The summed E-state index contributed by atoms with van der Waals surface area (Å²) in [5.74, 6) is -0.938. The fourth-order valence-electron chi connectivity index (χ4n) is 2.22. The largest absolute Gasteiger partial charge is 0.271 e. The lowest BCUT2D eigenvalue weighted by Crippen LogP contribution is -2.39. The van der Waals surface area contributed by atoms with Crippen LogP contribution in [0.1, 0.15) is 19.4 Å². The van der Waals surface area contributed by atoms with Gasteiger partial charge in [-0.05, 0) is 38.5 Å². The van der Waals surface area contributed by atoms with Crippen LogP contribution in [0.2, 0.25) is 10.0 Å². The van der Waals surface area contributed by atoms with Crippen LogP contribution in [0.4, 0.5) is 5.69 Å². The van der Waals surface area contributed by atoms with Gasteiger partial charge in [0, 0.05) is 6.07 Å². The fourth-order valence-corrected chi connectivity index (χ4v) is 6.25. The van der Waals surface area contributed by atoms with Gasteiger partial charge >= 0.3 is 0 Å². The fraction of sp³-hybridized carbons (Fsp3) is 0.333. The molecule has 0 aliphatic carbocycles. The number of aryl methyl sites for hydroxylation is 1. The van der Waals surface area contributed by atoms with Crippen molar-refractivity contribution in [3.63, 3.8) is 0 Å². The van der Waals surface area contributed by atoms with Crippen molar-refractivity contribution in [3.8, 4) is 5.69 Å². The summed E-state index contributed by atoms with van der Waals surface area (Å²) in [6.07, 6.45) is 1.41. The average molecular weight is 454 g/mol. The highest BCUT2D eigenvalue weighted by atomic mass is 35.5. The SMILES string of the molecule is CCS(=O)(=O)N(c1cc(-n2ncc(C)cc2=O)c(Cl)cc1Cl)S(=O)(=O)CC. The van der Waals surface area contributed by atoms with Crippen LogP contribution < -0.4 is 9.27 Å². The van der Waals surface area contributed by atoms with E-state index in [0.29, 0.717) is 5.56 Å². The van der Waals surface area contributed by atoms with Crippen molar-refractivity contribution in [1.29, 1.82) is 0 Å². The van der Waals surface area contributed by atoms with Crippen LogP contribution in [0.15, 0.2) is 29.2 Å². The molecular formula is C15H17Cl2N3O5S2. The molecule has 1 aromatic carbocycles. The number of benzene rings is 1. The summed E-state index contributed by atoms with van der Waals surface area (Å²) in [5, 5.41) is 3.77. The van der Waals surface area contributed by atoms with Gasteiger partial charge in [0.2, 0.25) is 20.0 Å². The summed E-state index contributed by atoms with van der Waals surface area (Å²) in [4.78, 5) is 12.2. The summed E-state index contributed by atoms with van der Waals surface area (Å²) in [6.45, 7) is 4.30. The molecule has 0 unspecified atom stereocenters. The Labute approximate surface area is 167 Å². The second-order valence-corrected chi connectivity index (χ2v) is 10.8. The predicted octanol–water partition coefficient (Wildman–Crippen LogP) is 2.35. The van der Waals surface area contributed by atoms with Crippen molar-refractivity contribution < 1.29 is 16.8 Å². The summed E-state index contributed by atoms with van der Waals surface area (Å²) < 4.78 is 51.1. The molecule has 1 heterocycles. The molecular weight excluding hydrogens is 437 g/mol. The zero-order chi connectivity index (χ0) is 20.6. The Morgan fingerprint density at radius 1 is 1.00 bits per heavy atom. The minimum absolute atomic E-state index is 0.00340. The lowest BCUT2D eigenvalue weighted by atomic mass is 10.2. The van der Waals surface area contributed by atoms with Crippen LogP contribution in [-0.2, 0) is 20.0 Å². The van der Waals surface area contributed by atoms with Gasteiger partial charge in [-0.1, -0.05) is 23.2 Å². The first-order chi connectivity index (χ1) is 12.4. The second kappa shape index (κ2) is 7.78. The molecule has 2 aromatic rings. The van der Waals surface area contributed by atoms with E-state index < -0.39 is 37.1 Å². The maximum absolute atomic E-state index is 12.5. The first-order valence-electron chi connectivity index (χ1n) is 7.76. The van der Waals surface area contributed by atoms with E-state index in [2.05, 4.69) is 5.10 Å². The van der Waals surface area contributed by atoms with Crippen LogP contribution in [0.25, 0.3) is 5.69 Å². The Morgan fingerprint density at radius 3 is 2.04 bits per heavy atom. The predicted molar refractivity (Wildman–Crippen MR) is 106 cm³/mol. The number of anilines is 1. The van der Waals surface area contributed by atoms with Crippen molar-refractivity contribution in [1.82, 2.24) is 9.78 Å². The molecule has 1 aromatic heterocycles. The highest BCUT2D eigenvalue weighted by Crippen LogP contribution is 2.36. The van der Waals surface area contributed by atoms with Crippen LogP contribution in [0.3, 0.4) is 0 Å². The topological polar surface area (TPSA) is 106 Å². The molecule has 0 saturated heterocycles. The third-order valence-corrected chi connectivity index (χ3v) is 8.44. The number of hydrogen-bond donors (Lipinski definition) is 0. The third-order valence-electron chi connectivity index (χ3n) is 3.61. The van der Waals surface area contributed by atoms with Gasteiger partial charge in [-0.25, -0.2) is 16.8 Å². The highest BCUT2D eigenvalue weighted by Gasteiger charge is 2.34. The molecule has 2 rings (SSSR count). The molecule has 0 N–H and O–H groups in total. The summed E-state index contributed by atoms with van der Waals surface area (Å²) in [7, 11) is -8.45. The lowest BCUT2D eigenvalue weighted by molar-refractivity contribution is 0.585. The molecule has 148 valence electrons. The van der Waals surface area contributed by atoms with Crippen LogP contribution >= 0.6 is 23.2 Å². The van der Waals surface area contributed by atoms with E-state index in [0.717, 1.165) is 10.7 Å². The van der Waals surface area contributed by atoms with Gasteiger partial charge < -0.3 is 0 Å². The van der Waals surface area contributed by atoms with Crippen LogP contribution in [-0.4, -0.2) is 38.1 Å². The Bertz CT molecular complexity index is 1110. The van der Waals surface area contributed by atoms with Crippen molar-refractivity contribution in [3.05, 3.63) is 50.4 Å². The molecule has 0 fully saturated rings. The Kier molecular flexibility index (Phi) is 6.25. The van der Waals surface area contributed by atoms with Gasteiger partial charge in [-0.3, -0.25) is 4.79 Å². The minimum atomic E-state index is -4.22. The molecule has 0 radical (unpaired) electrons. The zero-order valence-electron chi connectivity index (χ0n) is 14.7. The monoisotopic (exact) mass is 453 g/mol. The van der Waals surface area contributed by atoms with E-state index >= 15 is 0 Å². The van der Waals surface area contributed by atoms with E-state index in [4.69, 9.17) is 23.2 Å². The van der Waals surface area contributed by atoms with E-state index in [1.54, 1.807) is 6.92 Å². The molecule has 0 spiro atoms. The molecule has 0 amide bonds. The van der Waals surface area contributed by atoms with Gasteiger partial charge in [0.1, 0.15) is 0 Å². The molecule has 0 saturated carbocycles. The van der Waals surface area contributed by atoms with E-state index in [1.807, 2.05) is 0 Å². The molecule has 0 atom stereocenters. The minimum Gasteiger partial charge on any atom is -0.267 e. The van der Waals surface area contributed by atoms with Crippen molar-refractivity contribution in [2.24, 2.45) is 0 Å². The van der Waals surface area contributed by atoms with Gasteiger partial charge in [0.05, 0.1) is 39.1 Å². The van der Waals surface area contributed by atoms with E-state index in [9.17, 15) is 21.6 Å². The normalized spacial score (nSPS) is 12.2. The number of hydrogen-bond acceptors (Lipinski definition) is 6. The first-order valence-corrected chi connectivity index (χ1v) is 11.7. The van der Waals surface area contributed by atoms with E-state index in [1.165, 1.54) is 32.2 Å². The highest BCUT2D eigenvalue weighted by molar-refractivity contribution is 8.10. The molecule has 8 nitrogen and oxygen atoms in total.